The highest BCUT2D eigenvalue weighted by molar-refractivity contribution is 6.30. The fraction of sp³-hybridized carbons (Fsp3) is 0.480. The Bertz CT molecular complexity index is 880. The molecule has 1 atom stereocenters. The van der Waals surface area contributed by atoms with Crippen LogP contribution in [0, 0.1) is 0 Å². The molecule has 1 fully saturated rings. The molecule has 1 heterocycles. The Morgan fingerprint density at radius 3 is 2.24 bits per heavy atom. The Morgan fingerprint density at radius 1 is 1.03 bits per heavy atom. The zero-order valence-corrected chi connectivity index (χ0v) is 19.5. The van der Waals surface area contributed by atoms with Crippen LogP contribution in [0.1, 0.15) is 49.0 Å². The maximum Gasteiger partial charge on any atom is 0.416 e. The predicted octanol–water partition coefficient (Wildman–Crippen LogP) is 5.95. The van der Waals surface area contributed by atoms with Gasteiger partial charge in [0.15, 0.2) is 0 Å². The first kappa shape index (κ1) is 25.5. The van der Waals surface area contributed by atoms with E-state index in [2.05, 4.69) is 11.8 Å². The van der Waals surface area contributed by atoms with Crippen LogP contribution in [-0.4, -0.2) is 48.4 Å². The summed E-state index contributed by atoms with van der Waals surface area (Å²) in [7, 11) is 0. The summed E-state index contributed by atoms with van der Waals surface area (Å²) in [6, 6.07) is 12.5. The number of amides is 1. The molecule has 180 valence electrons. The Hall–Kier alpha value is -2.09. The first-order chi connectivity index (χ1) is 15.8. The maximum atomic E-state index is 12.8. The number of benzene rings is 2. The van der Waals surface area contributed by atoms with Crippen molar-refractivity contribution in [2.45, 2.75) is 45.1 Å². The second-order valence-electron chi connectivity index (χ2n) is 8.33. The summed E-state index contributed by atoms with van der Waals surface area (Å²) in [6.07, 6.45) is -2.11. The molecule has 0 radical (unpaired) electrons. The number of nitrogens with zero attached hydrogens (tertiary/aromatic N) is 2. The highest BCUT2D eigenvalue weighted by Gasteiger charge is 2.30. The molecule has 33 heavy (non-hydrogen) atoms. The molecule has 4 nitrogen and oxygen atoms in total. The van der Waals surface area contributed by atoms with Crippen molar-refractivity contribution in [3.63, 3.8) is 0 Å². The van der Waals surface area contributed by atoms with Gasteiger partial charge in [0.2, 0.25) is 5.91 Å². The van der Waals surface area contributed by atoms with Crippen LogP contribution < -0.4 is 0 Å². The average Bonchev–Trinajstić information content (AvgIpc) is 2.81. The van der Waals surface area contributed by atoms with Gasteiger partial charge in [0.25, 0.3) is 0 Å². The van der Waals surface area contributed by atoms with Gasteiger partial charge in [-0.05, 0) is 41.8 Å². The molecule has 0 aromatic heterocycles. The van der Waals surface area contributed by atoms with Crippen LogP contribution in [0.4, 0.5) is 13.2 Å². The van der Waals surface area contributed by atoms with Crippen LogP contribution in [0.25, 0.3) is 0 Å². The molecule has 3 rings (SSSR count). The van der Waals surface area contributed by atoms with Crippen molar-refractivity contribution in [3.05, 3.63) is 70.2 Å². The van der Waals surface area contributed by atoms with Crippen LogP contribution in [0.15, 0.2) is 48.5 Å². The second kappa shape index (κ2) is 11.9. The zero-order chi connectivity index (χ0) is 23.8. The Morgan fingerprint density at radius 2 is 1.67 bits per heavy atom. The number of ether oxygens (including phenoxy) is 1. The van der Waals surface area contributed by atoms with Crippen molar-refractivity contribution >= 4 is 17.5 Å². The van der Waals surface area contributed by atoms with Gasteiger partial charge in [0, 0.05) is 44.2 Å². The van der Waals surface area contributed by atoms with Gasteiger partial charge in [0.05, 0.1) is 18.3 Å². The van der Waals surface area contributed by atoms with Crippen molar-refractivity contribution in [2.24, 2.45) is 0 Å². The van der Waals surface area contributed by atoms with E-state index in [1.807, 2.05) is 17.0 Å². The summed E-state index contributed by atoms with van der Waals surface area (Å²) in [5, 5.41) is 0.624. The van der Waals surface area contributed by atoms with E-state index in [-0.39, 0.29) is 18.6 Å². The summed E-state index contributed by atoms with van der Waals surface area (Å²) >= 11 is 6.03. The molecule has 8 heteroatoms. The van der Waals surface area contributed by atoms with Gasteiger partial charge in [-0.25, -0.2) is 0 Å². The van der Waals surface area contributed by atoms with Crippen molar-refractivity contribution in [3.8, 4) is 0 Å². The number of rotatable bonds is 9. The van der Waals surface area contributed by atoms with Crippen LogP contribution in [0.3, 0.4) is 0 Å². The first-order valence-electron chi connectivity index (χ1n) is 11.3. The van der Waals surface area contributed by atoms with E-state index in [1.54, 1.807) is 12.1 Å². The lowest BCUT2D eigenvalue weighted by Gasteiger charge is -2.36. The molecule has 1 saturated heterocycles. The molecule has 1 amide bonds. The minimum absolute atomic E-state index is 0.195. The molecule has 0 spiro atoms. The molecule has 2 aromatic rings. The average molecular weight is 483 g/mol. The number of alkyl halides is 3. The van der Waals surface area contributed by atoms with E-state index in [4.69, 9.17) is 16.3 Å². The van der Waals surface area contributed by atoms with Crippen molar-refractivity contribution < 1.29 is 22.7 Å². The van der Waals surface area contributed by atoms with Gasteiger partial charge < -0.3 is 9.64 Å². The summed E-state index contributed by atoms with van der Waals surface area (Å²) < 4.78 is 44.6. The monoisotopic (exact) mass is 482 g/mol. The minimum Gasteiger partial charge on any atom is -0.368 e. The zero-order valence-electron chi connectivity index (χ0n) is 18.8. The second-order valence-corrected chi connectivity index (χ2v) is 8.77. The lowest BCUT2D eigenvalue weighted by Crippen LogP contribution is -2.49. The number of piperazine rings is 1. The van der Waals surface area contributed by atoms with E-state index in [0.29, 0.717) is 36.6 Å². The van der Waals surface area contributed by atoms with Gasteiger partial charge in [-0.15, -0.1) is 0 Å². The molecule has 0 aliphatic carbocycles. The van der Waals surface area contributed by atoms with Gasteiger partial charge in [-0.1, -0.05) is 49.2 Å². The molecule has 0 unspecified atom stereocenters. The Kier molecular flexibility index (Phi) is 9.18. The largest absolute Gasteiger partial charge is 0.416 e. The summed E-state index contributed by atoms with van der Waals surface area (Å²) in [5.41, 5.74) is 0.952. The van der Waals surface area contributed by atoms with Gasteiger partial charge in [-0.3, -0.25) is 9.69 Å². The minimum atomic E-state index is -4.36. The number of halogens is 4. The molecule has 1 aliphatic rings. The predicted molar refractivity (Wildman–Crippen MR) is 123 cm³/mol. The Labute approximate surface area is 198 Å². The third-order valence-corrected chi connectivity index (χ3v) is 6.12. The van der Waals surface area contributed by atoms with Crippen molar-refractivity contribution in [2.75, 3.05) is 32.7 Å². The quantitative estimate of drug-likeness (QED) is 0.442. The van der Waals surface area contributed by atoms with Gasteiger partial charge in [-0.2, -0.15) is 13.2 Å². The molecule has 0 saturated carbocycles. The first-order valence-corrected chi connectivity index (χ1v) is 11.7. The van der Waals surface area contributed by atoms with Crippen molar-refractivity contribution in [1.29, 1.82) is 0 Å². The Balaban J connectivity index is 1.61. The summed E-state index contributed by atoms with van der Waals surface area (Å²) in [5.74, 6) is 0.212. The van der Waals surface area contributed by atoms with Crippen molar-refractivity contribution in [1.82, 2.24) is 9.80 Å². The van der Waals surface area contributed by atoms with E-state index in [9.17, 15) is 18.0 Å². The third-order valence-electron chi connectivity index (χ3n) is 5.87. The fourth-order valence-electron chi connectivity index (χ4n) is 3.82. The number of carbonyl (C=O) groups excluding carboxylic acids is 1. The molecule has 0 N–H and O–H groups in total. The SMILES string of the molecule is CCCCC(=O)N1CCN(C[C@@H](OCc2ccc(C(F)(F)F)cc2)c2ccc(Cl)cc2)CC1. The van der Waals surface area contributed by atoms with Crippen LogP contribution in [0.2, 0.25) is 5.02 Å². The molecule has 0 bridgehead atoms. The van der Waals surface area contributed by atoms with Crippen LogP contribution >= 0.6 is 11.6 Å². The standard InChI is InChI=1S/C25H30ClF3N2O2/c1-2-3-4-24(32)31-15-13-30(14-16-31)17-23(20-7-11-22(26)12-8-20)33-18-19-5-9-21(10-6-19)25(27,28)29/h5-12,23H,2-4,13-18H2,1H3/t23-/m1/s1. The fourth-order valence-corrected chi connectivity index (χ4v) is 3.94. The van der Waals surface area contributed by atoms with E-state index in [1.165, 1.54) is 12.1 Å². The van der Waals surface area contributed by atoms with Crippen LogP contribution in [0.5, 0.6) is 0 Å². The van der Waals surface area contributed by atoms with Crippen LogP contribution in [-0.2, 0) is 22.3 Å². The highest BCUT2D eigenvalue weighted by Crippen LogP contribution is 2.30. The van der Waals surface area contributed by atoms with Gasteiger partial charge in [0.1, 0.15) is 0 Å². The number of unbranched alkanes of at least 4 members (excludes halogenated alkanes) is 1. The third kappa shape index (κ3) is 7.73. The topological polar surface area (TPSA) is 32.8 Å². The smallest absolute Gasteiger partial charge is 0.368 e. The number of hydrogen-bond acceptors (Lipinski definition) is 3. The normalized spacial score (nSPS) is 16.1. The maximum absolute atomic E-state index is 12.8. The summed E-state index contributed by atoms with van der Waals surface area (Å²) in [6.45, 7) is 5.79. The van der Waals surface area contributed by atoms with E-state index in [0.717, 1.165) is 43.6 Å². The molecular weight excluding hydrogens is 453 g/mol. The van der Waals surface area contributed by atoms with E-state index >= 15 is 0 Å². The van der Waals surface area contributed by atoms with Gasteiger partial charge >= 0.3 is 6.18 Å². The number of carbonyl (C=O) groups is 1. The molecule has 2 aromatic carbocycles. The highest BCUT2D eigenvalue weighted by atomic mass is 35.5. The summed E-state index contributed by atoms with van der Waals surface area (Å²) in [4.78, 5) is 16.5. The lowest BCUT2D eigenvalue weighted by molar-refractivity contribution is -0.137. The van der Waals surface area contributed by atoms with E-state index < -0.39 is 11.7 Å². The molecule has 1 aliphatic heterocycles. The molecular formula is C25H30ClF3N2O2. The lowest BCUT2D eigenvalue weighted by atomic mass is 10.1. The number of hydrogen-bond donors (Lipinski definition) is 0.